The maximum absolute atomic E-state index is 13.6. The monoisotopic (exact) mass is 434 g/mol. The number of nitrogens with one attached hydrogen (secondary N) is 1. The van der Waals surface area contributed by atoms with Crippen molar-refractivity contribution >= 4 is 29.0 Å². The van der Waals surface area contributed by atoms with Gasteiger partial charge in [-0.25, -0.2) is 0 Å². The van der Waals surface area contributed by atoms with E-state index in [0.29, 0.717) is 5.69 Å². The summed E-state index contributed by atoms with van der Waals surface area (Å²) in [6, 6.07) is 14.6. The van der Waals surface area contributed by atoms with Crippen molar-refractivity contribution in [3.63, 3.8) is 0 Å². The lowest BCUT2D eigenvalue weighted by Crippen LogP contribution is -2.46. The van der Waals surface area contributed by atoms with E-state index in [0.717, 1.165) is 53.9 Å². The normalized spacial score (nSPS) is 14.9. The molecule has 1 fully saturated rings. The smallest absolute Gasteiger partial charge is 0.280 e. The van der Waals surface area contributed by atoms with Crippen molar-refractivity contribution < 1.29 is 9.59 Å². The van der Waals surface area contributed by atoms with E-state index >= 15 is 0 Å². The van der Waals surface area contributed by atoms with Crippen LogP contribution in [0.4, 0.5) is 5.69 Å². The molecule has 1 aromatic heterocycles. The van der Waals surface area contributed by atoms with Gasteiger partial charge in [0, 0.05) is 17.1 Å². The zero-order valence-corrected chi connectivity index (χ0v) is 18.6. The molecule has 7 heteroatoms. The summed E-state index contributed by atoms with van der Waals surface area (Å²) < 4.78 is 3.85. The highest BCUT2D eigenvalue weighted by Gasteiger charge is 2.35. The third-order valence-electron chi connectivity index (χ3n) is 5.89. The highest BCUT2D eigenvalue weighted by atomic mass is 32.1. The molecule has 31 heavy (non-hydrogen) atoms. The van der Waals surface area contributed by atoms with Crippen molar-refractivity contribution in [3.8, 4) is 0 Å². The van der Waals surface area contributed by atoms with Crippen molar-refractivity contribution in [2.75, 3.05) is 4.90 Å². The first kappa shape index (κ1) is 21.2. The Bertz CT molecular complexity index is 1050. The Morgan fingerprint density at radius 2 is 1.81 bits per heavy atom. The van der Waals surface area contributed by atoms with Crippen molar-refractivity contribution in [1.82, 2.24) is 14.9 Å². The summed E-state index contributed by atoms with van der Waals surface area (Å²) >= 11 is 1.12. The molecule has 1 aliphatic carbocycles. The summed E-state index contributed by atoms with van der Waals surface area (Å²) in [7, 11) is 0. The van der Waals surface area contributed by atoms with Crippen molar-refractivity contribution in [2.45, 2.75) is 51.6 Å². The second-order valence-corrected chi connectivity index (χ2v) is 8.65. The molecular formula is C24H26N4O2S. The quantitative estimate of drug-likeness (QED) is 0.615. The Morgan fingerprint density at radius 1 is 1.06 bits per heavy atom. The Balaban J connectivity index is 1.81. The van der Waals surface area contributed by atoms with Gasteiger partial charge in [-0.3, -0.25) is 14.5 Å². The van der Waals surface area contributed by atoms with Gasteiger partial charge in [0.2, 0.25) is 5.91 Å². The van der Waals surface area contributed by atoms with Gasteiger partial charge in [0.05, 0.1) is 0 Å². The molecule has 2 aromatic carbocycles. The van der Waals surface area contributed by atoms with E-state index in [2.05, 4.69) is 14.9 Å². The number of carbonyl (C=O) groups is 2. The Morgan fingerprint density at radius 3 is 2.45 bits per heavy atom. The van der Waals surface area contributed by atoms with E-state index in [1.165, 1.54) is 0 Å². The van der Waals surface area contributed by atoms with Crippen LogP contribution in [0.25, 0.3) is 0 Å². The van der Waals surface area contributed by atoms with Gasteiger partial charge in [-0.2, -0.15) is 0 Å². The number of rotatable bonds is 6. The van der Waals surface area contributed by atoms with E-state index < -0.39 is 6.04 Å². The molecule has 0 saturated heterocycles. The molecule has 1 saturated carbocycles. The Labute approximate surface area is 186 Å². The molecule has 160 valence electrons. The molecule has 4 rings (SSSR count). The van der Waals surface area contributed by atoms with Crippen LogP contribution < -0.4 is 10.2 Å². The summed E-state index contributed by atoms with van der Waals surface area (Å²) in [5.74, 6) is -0.514. The largest absolute Gasteiger partial charge is 0.351 e. The maximum atomic E-state index is 13.6. The highest BCUT2D eigenvalue weighted by molar-refractivity contribution is 7.03. The number of nitrogens with zero attached hydrogens (tertiary/aromatic N) is 3. The first-order valence-corrected chi connectivity index (χ1v) is 11.4. The zero-order valence-electron chi connectivity index (χ0n) is 17.7. The number of hydrogen-bond acceptors (Lipinski definition) is 5. The van der Waals surface area contributed by atoms with Crippen molar-refractivity contribution in [1.29, 1.82) is 0 Å². The molecule has 1 atom stereocenters. The van der Waals surface area contributed by atoms with Crippen LogP contribution in [-0.2, 0) is 4.79 Å². The number of hydrogen-bond donors (Lipinski definition) is 1. The average molecular weight is 435 g/mol. The number of aromatic nitrogens is 2. The van der Waals surface area contributed by atoms with E-state index in [1.807, 2.05) is 62.4 Å². The predicted molar refractivity (Wildman–Crippen MR) is 122 cm³/mol. The summed E-state index contributed by atoms with van der Waals surface area (Å²) in [5, 5.41) is 8.79. The summed E-state index contributed by atoms with van der Waals surface area (Å²) in [6.07, 6.45) is 4.18. The summed E-state index contributed by atoms with van der Waals surface area (Å²) in [4.78, 5) is 28.8. The minimum absolute atomic E-state index is 0.149. The fourth-order valence-corrected chi connectivity index (χ4v) is 4.47. The van der Waals surface area contributed by atoms with Crippen LogP contribution in [0.5, 0.6) is 0 Å². The maximum Gasteiger partial charge on any atom is 0.280 e. The number of anilines is 1. The lowest BCUT2D eigenvalue weighted by Gasteiger charge is -2.32. The zero-order chi connectivity index (χ0) is 21.8. The van der Waals surface area contributed by atoms with E-state index in [9.17, 15) is 9.59 Å². The molecule has 0 radical (unpaired) electrons. The topological polar surface area (TPSA) is 75.2 Å². The standard InChI is InChI=1S/C24H26N4O2S/c1-16-12-13-20(14-17(16)2)28(24(30)21-15-31-27-26-21)22(18-8-4-3-5-9-18)23(29)25-19-10-6-7-11-19/h3-5,8-9,12-15,19,22H,6-7,10-11H2,1-2H3,(H,25,29). The van der Waals surface area contributed by atoms with Crippen LogP contribution in [0.1, 0.15) is 58.9 Å². The fraction of sp³-hybridized carbons (Fsp3) is 0.333. The molecule has 1 heterocycles. The van der Waals surface area contributed by atoms with Gasteiger partial charge in [-0.15, -0.1) is 5.10 Å². The molecule has 3 aromatic rings. The van der Waals surface area contributed by atoms with Gasteiger partial charge >= 0.3 is 0 Å². The SMILES string of the molecule is Cc1ccc(N(C(=O)c2csnn2)C(C(=O)NC2CCCC2)c2ccccc2)cc1C. The second kappa shape index (κ2) is 9.39. The number of carbonyl (C=O) groups excluding carboxylic acids is 2. The van der Waals surface area contributed by atoms with Gasteiger partial charge in [-0.1, -0.05) is 53.7 Å². The number of benzene rings is 2. The minimum Gasteiger partial charge on any atom is -0.351 e. The molecule has 2 amide bonds. The van der Waals surface area contributed by atoms with Crippen molar-refractivity contribution in [3.05, 3.63) is 76.3 Å². The molecule has 1 N–H and O–H groups in total. The molecule has 6 nitrogen and oxygen atoms in total. The third-order valence-corrected chi connectivity index (χ3v) is 6.39. The average Bonchev–Trinajstić information content (AvgIpc) is 3.48. The van der Waals surface area contributed by atoms with Gasteiger partial charge in [0.15, 0.2) is 5.69 Å². The lowest BCUT2D eigenvalue weighted by molar-refractivity contribution is -0.123. The lowest BCUT2D eigenvalue weighted by atomic mass is 10.0. The van der Waals surface area contributed by atoms with E-state index in [-0.39, 0.29) is 23.6 Å². The van der Waals surface area contributed by atoms with Crippen LogP contribution in [0.2, 0.25) is 0 Å². The predicted octanol–water partition coefficient (Wildman–Crippen LogP) is 4.60. The van der Waals surface area contributed by atoms with Crippen LogP contribution in [0.15, 0.2) is 53.9 Å². The van der Waals surface area contributed by atoms with Gasteiger partial charge < -0.3 is 5.32 Å². The third kappa shape index (κ3) is 4.66. The van der Waals surface area contributed by atoms with E-state index in [4.69, 9.17) is 0 Å². The van der Waals surface area contributed by atoms with Gasteiger partial charge in [0.25, 0.3) is 5.91 Å². The molecule has 0 aliphatic heterocycles. The fourth-order valence-electron chi connectivity index (χ4n) is 4.04. The van der Waals surface area contributed by atoms with Crippen molar-refractivity contribution in [2.24, 2.45) is 0 Å². The molecule has 1 unspecified atom stereocenters. The van der Waals surface area contributed by atoms with Gasteiger partial charge in [0.1, 0.15) is 6.04 Å². The highest BCUT2D eigenvalue weighted by Crippen LogP contribution is 2.31. The first-order chi connectivity index (χ1) is 15.0. The minimum atomic E-state index is -0.807. The number of amides is 2. The summed E-state index contributed by atoms with van der Waals surface area (Å²) in [5.41, 5.74) is 3.83. The van der Waals surface area contributed by atoms with E-state index in [1.54, 1.807) is 10.3 Å². The molecule has 0 spiro atoms. The van der Waals surface area contributed by atoms with Crippen LogP contribution in [0.3, 0.4) is 0 Å². The Hall–Kier alpha value is -3.06. The molecule has 1 aliphatic rings. The van der Waals surface area contributed by atoms with Crippen LogP contribution in [0, 0.1) is 13.8 Å². The van der Waals surface area contributed by atoms with Crippen LogP contribution >= 0.6 is 11.5 Å². The van der Waals surface area contributed by atoms with Gasteiger partial charge in [-0.05, 0) is 67.0 Å². The van der Waals surface area contributed by atoms with Crippen LogP contribution in [-0.4, -0.2) is 27.4 Å². The summed E-state index contributed by atoms with van der Waals surface area (Å²) in [6.45, 7) is 4.03. The first-order valence-electron chi connectivity index (χ1n) is 10.6. The Kier molecular flexibility index (Phi) is 6.42. The molecular weight excluding hydrogens is 408 g/mol. The second-order valence-electron chi connectivity index (χ2n) is 8.04. The number of aryl methyl sites for hydroxylation is 2. The molecule has 0 bridgehead atoms.